The van der Waals surface area contributed by atoms with Gasteiger partial charge in [-0.1, -0.05) is 0 Å². The van der Waals surface area contributed by atoms with Crippen molar-refractivity contribution in [1.82, 2.24) is 4.57 Å². The molecule has 4 nitrogen and oxygen atoms in total. The molecule has 1 rings (SSSR count). The first kappa shape index (κ1) is 11.1. The van der Waals surface area contributed by atoms with Crippen molar-refractivity contribution in [2.45, 2.75) is 32.1 Å². The van der Waals surface area contributed by atoms with E-state index in [-0.39, 0.29) is 11.4 Å². The molecule has 0 aromatic carbocycles. The van der Waals surface area contributed by atoms with E-state index in [0.717, 1.165) is 11.2 Å². The van der Waals surface area contributed by atoms with Gasteiger partial charge in [0.25, 0.3) is 0 Å². The zero-order valence-electron chi connectivity index (χ0n) is 8.61. The molecule has 14 heavy (non-hydrogen) atoms. The predicted octanol–water partition coefficient (Wildman–Crippen LogP) is -0.0289. The minimum atomic E-state index is -0.216. The van der Waals surface area contributed by atoms with E-state index in [9.17, 15) is 9.90 Å². The third kappa shape index (κ3) is 1.77. The van der Waals surface area contributed by atoms with E-state index in [1.165, 1.54) is 11.8 Å². The molecule has 0 amide bonds. The lowest BCUT2D eigenvalue weighted by Crippen LogP contribution is -2.45. The normalized spacial score (nSPS) is 10.5. The Bertz CT molecular complexity index is 387. The molecular formula is C9H14N2O2S. The molecule has 1 aromatic rings. The van der Waals surface area contributed by atoms with Crippen molar-refractivity contribution in [2.24, 2.45) is 0 Å². The Morgan fingerprint density at radius 1 is 1.57 bits per heavy atom. The third-order valence-electron chi connectivity index (χ3n) is 2.06. The minimum absolute atomic E-state index is 0.216. The van der Waals surface area contributed by atoms with Gasteiger partial charge in [0.15, 0.2) is 0 Å². The predicted molar refractivity (Wildman–Crippen MR) is 53.5 cm³/mol. The number of aromatic nitrogens is 2. The molecule has 78 valence electrons. The molecule has 0 aliphatic heterocycles. The maximum absolute atomic E-state index is 11.5. The second-order valence-corrected chi connectivity index (χ2v) is 3.57. The van der Waals surface area contributed by atoms with Crippen molar-refractivity contribution in [3.63, 3.8) is 0 Å². The molecule has 0 unspecified atom stereocenters. The second kappa shape index (κ2) is 4.50. The molecule has 0 aliphatic rings. The van der Waals surface area contributed by atoms with Gasteiger partial charge in [0.1, 0.15) is 0 Å². The van der Waals surface area contributed by atoms with Crippen LogP contribution in [-0.4, -0.2) is 10.8 Å². The molecule has 1 aromatic heterocycles. The quantitative estimate of drug-likeness (QED) is 0.403. The largest absolute Gasteiger partial charge is 0.842 e. The molecule has 5 heteroatoms. The van der Waals surface area contributed by atoms with Gasteiger partial charge in [0, 0.05) is 0 Å². The summed E-state index contributed by atoms with van der Waals surface area (Å²) in [5.41, 5.74) is -0.216. The van der Waals surface area contributed by atoms with Crippen molar-refractivity contribution < 1.29 is 9.67 Å². The molecule has 0 saturated heterocycles. The van der Waals surface area contributed by atoms with Crippen molar-refractivity contribution in [2.75, 3.05) is 6.26 Å². The van der Waals surface area contributed by atoms with E-state index < -0.39 is 0 Å². The molecule has 0 bridgehead atoms. The summed E-state index contributed by atoms with van der Waals surface area (Å²) in [4.78, 5) is 11.5. The fraction of sp³-hybridized carbons (Fsp3) is 0.556. The maximum atomic E-state index is 11.5. The fourth-order valence-electron chi connectivity index (χ4n) is 1.40. The summed E-state index contributed by atoms with van der Waals surface area (Å²) < 4.78 is 3.21. The highest BCUT2D eigenvalue weighted by Crippen LogP contribution is 2.09. The summed E-state index contributed by atoms with van der Waals surface area (Å²) >= 11 is 1.43. The van der Waals surface area contributed by atoms with E-state index in [4.69, 9.17) is 0 Å². The van der Waals surface area contributed by atoms with Crippen LogP contribution in [0.2, 0.25) is 0 Å². The SMILES string of the molecule is CCn1c(SC)[n+](CC)c([O-])cc1=O. The molecule has 0 spiro atoms. The molecule has 1 heterocycles. The summed E-state index contributed by atoms with van der Waals surface area (Å²) in [7, 11) is 0. The minimum Gasteiger partial charge on any atom is -0.842 e. The first-order valence-corrected chi connectivity index (χ1v) is 5.76. The summed E-state index contributed by atoms with van der Waals surface area (Å²) in [6, 6.07) is 1.15. The van der Waals surface area contributed by atoms with E-state index in [0.29, 0.717) is 13.1 Å². The smallest absolute Gasteiger partial charge is 0.337 e. The van der Waals surface area contributed by atoms with E-state index in [1.807, 2.05) is 20.1 Å². The third-order valence-corrected chi connectivity index (χ3v) is 2.86. The van der Waals surface area contributed by atoms with Gasteiger partial charge in [-0.3, -0.25) is 0 Å². The van der Waals surface area contributed by atoms with Crippen molar-refractivity contribution >= 4 is 11.8 Å². The Hall–Kier alpha value is -0.970. The Labute approximate surface area is 87.2 Å². The van der Waals surface area contributed by atoms with Crippen molar-refractivity contribution in [3.05, 3.63) is 16.4 Å². The van der Waals surface area contributed by atoms with Crippen LogP contribution in [0.1, 0.15) is 13.8 Å². The Balaban J connectivity index is 3.51. The molecule has 0 fully saturated rings. The van der Waals surface area contributed by atoms with E-state index in [2.05, 4.69) is 0 Å². The van der Waals surface area contributed by atoms with Crippen molar-refractivity contribution in [1.29, 1.82) is 0 Å². The lowest BCUT2D eigenvalue weighted by Gasteiger charge is -2.13. The van der Waals surface area contributed by atoms with Crippen LogP contribution in [0.4, 0.5) is 0 Å². The summed E-state index contributed by atoms with van der Waals surface area (Å²) in [5.74, 6) is -0.216. The van der Waals surface area contributed by atoms with Gasteiger partial charge in [-0.05, 0) is 31.9 Å². The van der Waals surface area contributed by atoms with Crippen LogP contribution < -0.4 is 15.2 Å². The van der Waals surface area contributed by atoms with Gasteiger partial charge in [-0.15, -0.1) is 0 Å². The first-order chi connectivity index (χ1) is 6.65. The monoisotopic (exact) mass is 214 g/mol. The average molecular weight is 214 g/mol. The summed E-state index contributed by atoms with van der Waals surface area (Å²) in [6.45, 7) is 4.97. The summed E-state index contributed by atoms with van der Waals surface area (Å²) in [6.07, 6.45) is 1.87. The van der Waals surface area contributed by atoms with Crippen LogP contribution in [0.25, 0.3) is 0 Å². The Morgan fingerprint density at radius 3 is 2.64 bits per heavy atom. The lowest BCUT2D eigenvalue weighted by molar-refractivity contribution is -0.770. The summed E-state index contributed by atoms with van der Waals surface area (Å²) in [5, 5.41) is 12.2. The number of nitrogens with zero attached hydrogens (tertiary/aromatic N) is 2. The van der Waals surface area contributed by atoms with Gasteiger partial charge >= 0.3 is 10.7 Å². The average Bonchev–Trinajstić information content (AvgIpc) is 2.16. The highest BCUT2D eigenvalue weighted by atomic mass is 32.2. The van der Waals surface area contributed by atoms with Gasteiger partial charge in [-0.2, -0.15) is 4.57 Å². The highest BCUT2D eigenvalue weighted by Gasteiger charge is 2.15. The lowest BCUT2D eigenvalue weighted by atomic mass is 10.5. The van der Waals surface area contributed by atoms with Gasteiger partial charge in [0.2, 0.25) is 0 Å². The molecule has 0 radical (unpaired) electrons. The van der Waals surface area contributed by atoms with Gasteiger partial charge < -0.3 is 5.11 Å². The van der Waals surface area contributed by atoms with Crippen LogP contribution in [0.3, 0.4) is 0 Å². The standard InChI is InChI=1S/C9H14N2O2S/c1-4-10-7(12)6-8(13)11(5-2)9(10)14-3/h6H,4-5H2,1-3H3. The van der Waals surface area contributed by atoms with Crippen LogP contribution in [0, 0.1) is 0 Å². The van der Waals surface area contributed by atoms with Crippen LogP contribution in [0.5, 0.6) is 5.88 Å². The molecule has 0 saturated carbocycles. The zero-order chi connectivity index (χ0) is 10.7. The first-order valence-electron chi connectivity index (χ1n) is 4.54. The number of rotatable bonds is 3. The fourth-order valence-corrected chi connectivity index (χ4v) is 2.28. The molecular weight excluding hydrogens is 200 g/mol. The molecule has 0 N–H and O–H groups in total. The Kier molecular flexibility index (Phi) is 3.57. The van der Waals surface area contributed by atoms with E-state index in [1.54, 1.807) is 9.13 Å². The van der Waals surface area contributed by atoms with Crippen LogP contribution in [-0.2, 0) is 13.1 Å². The van der Waals surface area contributed by atoms with Crippen LogP contribution >= 0.6 is 11.8 Å². The van der Waals surface area contributed by atoms with Gasteiger partial charge in [0.05, 0.1) is 25.0 Å². The molecule has 0 atom stereocenters. The highest BCUT2D eigenvalue weighted by molar-refractivity contribution is 7.98. The number of hydrogen-bond acceptors (Lipinski definition) is 3. The van der Waals surface area contributed by atoms with Gasteiger partial charge in [-0.25, -0.2) is 9.36 Å². The Morgan fingerprint density at radius 2 is 2.21 bits per heavy atom. The number of hydrogen-bond donors (Lipinski definition) is 0. The van der Waals surface area contributed by atoms with Crippen LogP contribution in [0.15, 0.2) is 16.0 Å². The van der Waals surface area contributed by atoms with Crippen molar-refractivity contribution in [3.8, 4) is 5.88 Å². The zero-order valence-corrected chi connectivity index (χ0v) is 9.43. The topological polar surface area (TPSA) is 48.9 Å². The maximum Gasteiger partial charge on any atom is 0.337 e. The van der Waals surface area contributed by atoms with E-state index >= 15 is 0 Å². The molecule has 0 aliphatic carbocycles. The number of thioether (sulfide) groups is 1. The second-order valence-electron chi connectivity index (χ2n) is 2.80.